The third kappa shape index (κ3) is 6.84. The first-order valence-corrected chi connectivity index (χ1v) is 11.9. The number of alkyl carbamates (subject to hydrolysis) is 1. The minimum absolute atomic E-state index is 0.284. The van der Waals surface area contributed by atoms with Crippen LogP contribution in [-0.4, -0.2) is 42.4 Å². The number of nitrogens with one attached hydrogen (secondary N) is 2. The molecule has 0 radical (unpaired) electrons. The molecule has 3 rings (SSSR count). The summed E-state index contributed by atoms with van der Waals surface area (Å²) in [6.07, 6.45) is 0.191. The number of nitrogens with zero attached hydrogens (tertiary/aromatic N) is 2. The van der Waals surface area contributed by atoms with Gasteiger partial charge in [0, 0.05) is 32.5 Å². The largest absolute Gasteiger partial charge is 0.444 e. The second-order valence-corrected chi connectivity index (χ2v) is 10.0. The van der Waals surface area contributed by atoms with E-state index in [1.807, 2.05) is 49.4 Å². The lowest BCUT2D eigenvalue weighted by Crippen LogP contribution is -2.63. The van der Waals surface area contributed by atoms with Crippen LogP contribution in [0.1, 0.15) is 50.3 Å². The summed E-state index contributed by atoms with van der Waals surface area (Å²) in [4.78, 5) is 25.7. The van der Waals surface area contributed by atoms with Gasteiger partial charge in [-0.1, -0.05) is 36.4 Å². The molecular weight excluding hydrogens is 456 g/mol. The summed E-state index contributed by atoms with van der Waals surface area (Å²) in [5.41, 5.74) is 2.41. The molecule has 0 bridgehead atoms. The highest BCUT2D eigenvalue weighted by molar-refractivity contribution is 5.90. The average molecular weight is 489 g/mol. The van der Waals surface area contributed by atoms with Crippen LogP contribution in [0.2, 0.25) is 0 Å². The minimum Gasteiger partial charge on any atom is -0.444 e. The quantitative estimate of drug-likeness (QED) is 0.629. The van der Waals surface area contributed by atoms with E-state index in [0.29, 0.717) is 25.2 Å². The van der Waals surface area contributed by atoms with Crippen LogP contribution in [0.25, 0.3) is 11.1 Å². The van der Waals surface area contributed by atoms with Gasteiger partial charge in [0.05, 0.1) is 17.7 Å². The molecule has 188 valence electrons. The van der Waals surface area contributed by atoms with Crippen LogP contribution in [0.5, 0.6) is 0 Å². The van der Waals surface area contributed by atoms with Gasteiger partial charge in [0.15, 0.2) is 0 Å². The third-order valence-electron chi connectivity index (χ3n) is 6.07. The molecule has 8 nitrogen and oxygen atoms in total. The molecule has 2 amide bonds. The van der Waals surface area contributed by atoms with Gasteiger partial charge in [-0.25, -0.2) is 4.79 Å². The van der Waals surface area contributed by atoms with E-state index in [2.05, 4.69) is 22.8 Å². The van der Waals surface area contributed by atoms with Gasteiger partial charge in [-0.05, 0) is 56.0 Å². The van der Waals surface area contributed by atoms with Crippen molar-refractivity contribution in [3.05, 3.63) is 59.2 Å². The Morgan fingerprint density at radius 2 is 1.72 bits per heavy atom. The lowest BCUT2D eigenvalue weighted by atomic mass is 9.88. The van der Waals surface area contributed by atoms with Crippen LogP contribution in [0.15, 0.2) is 42.5 Å². The molecule has 2 N–H and O–H groups in total. The topological polar surface area (TPSA) is 124 Å². The van der Waals surface area contributed by atoms with Crippen LogP contribution in [-0.2, 0) is 20.7 Å². The number of hydrogen-bond donors (Lipinski definition) is 2. The maximum Gasteiger partial charge on any atom is 0.408 e. The number of ether oxygens (including phenoxy) is 2. The molecule has 0 aliphatic carbocycles. The van der Waals surface area contributed by atoms with Crippen molar-refractivity contribution in [2.24, 2.45) is 0 Å². The first-order chi connectivity index (χ1) is 17.0. The first-order valence-electron chi connectivity index (χ1n) is 11.9. The maximum absolute atomic E-state index is 13.3. The predicted octanol–water partition coefficient (Wildman–Crippen LogP) is 4.16. The highest BCUT2D eigenvalue weighted by Gasteiger charge is 2.43. The van der Waals surface area contributed by atoms with Crippen molar-refractivity contribution in [3.8, 4) is 23.3 Å². The molecule has 2 aromatic carbocycles. The van der Waals surface area contributed by atoms with Crippen molar-refractivity contribution in [3.63, 3.8) is 0 Å². The van der Waals surface area contributed by atoms with Crippen molar-refractivity contribution in [2.45, 2.75) is 64.1 Å². The fourth-order valence-corrected chi connectivity index (χ4v) is 4.04. The van der Waals surface area contributed by atoms with Crippen LogP contribution in [0, 0.1) is 29.6 Å². The Morgan fingerprint density at radius 1 is 1.08 bits per heavy atom. The average Bonchev–Trinajstić information content (AvgIpc) is 2.83. The molecule has 0 saturated carbocycles. The number of amides is 2. The highest BCUT2D eigenvalue weighted by atomic mass is 16.6. The lowest BCUT2D eigenvalue weighted by molar-refractivity contribution is -0.132. The normalized spacial score (nSPS) is 15.6. The number of nitriles is 2. The monoisotopic (exact) mass is 488 g/mol. The zero-order valence-electron chi connectivity index (χ0n) is 21.2. The van der Waals surface area contributed by atoms with Crippen LogP contribution < -0.4 is 10.6 Å². The second-order valence-electron chi connectivity index (χ2n) is 10.0. The Bertz CT molecular complexity index is 1180. The summed E-state index contributed by atoms with van der Waals surface area (Å²) < 4.78 is 10.8. The van der Waals surface area contributed by atoms with Gasteiger partial charge in [-0.15, -0.1) is 0 Å². The van der Waals surface area contributed by atoms with E-state index in [-0.39, 0.29) is 12.8 Å². The molecule has 0 aromatic heterocycles. The number of carbonyl (C=O) groups excluding carboxylic acids is 2. The van der Waals surface area contributed by atoms with Crippen molar-refractivity contribution in [1.82, 2.24) is 10.6 Å². The van der Waals surface area contributed by atoms with Gasteiger partial charge in [0.2, 0.25) is 5.91 Å². The zero-order valence-corrected chi connectivity index (χ0v) is 21.2. The zero-order chi connectivity index (χ0) is 26.3. The summed E-state index contributed by atoms with van der Waals surface area (Å²) in [6, 6.07) is 17.0. The summed E-state index contributed by atoms with van der Waals surface area (Å²) in [6.45, 7) is 7.78. The summed E-state index contributed by atoms with van der Waals surface area (Å²) in [5, 5.41) is 24.6. The predicted molar refractivity (Wildman–Crippen MR) is 135 cm³/mol. The fourth-order valence-electron chi connectivity index (χ4n) is 4.04. The van der Waals surface area contributed by atoms with Crippen molar-refractivity contribution < 1.29 is 19.1 Å². The van der Waals surface area contributed by atoms with Gasteiger partial charge < -0.3 is 20.1 Å². The van der Waals surface area contributed by atoms with Crippen LogP contribution >= 0.6 is 0 Å². The number of hydrogen-bond acceptors (Lipinski definition) is 6. The molecule has 1 saturated heterocycles. The summed E-state index contributed by atoms with van der Waals surface area (Å²) in [5.74, 6) is -0.427. The third-order valence-corrected chi connectivity index (χ3v) is 6.07. The number of carbonyl (C=O) groups is 2. The van der Waals surface area contributed by atoms with Crippen LogP contribution in [0.4, 0.5) is 4.79 Å². The van der Waals surface area contributed by atoms with Gasteiger partial charge in [-0.3, -0.25) is 4.79 Å². The van der Waals surface area contributed by atoms with E-state index in [4.69, 9.17) is 9.47 Å². The molecule has 8 heteroatoms. The molecule has 1 aliphatic heterocycles. The van der Waals surface area contributed by atoms with E-state index < -0.39 is 29.2 Å². The van der Waals surface area contributed by atoms with E-state index in [1.165, 1.54) is 0 Å². The first kappa shape index (κ1) is 26.7. The Morgan fingerprint density at radius 3 is 2.31 bits per heavy atom. The molecule has 2 aromatic rings. The van der Waals surface area contributed by atoms with Crippen molar-refractivity contribution in [2.75, 3.05) is 13.2 Å². The summed E-state index contributed by atoms with van der Waals surface area (Å²) in [7, 11) is 0. The number of benzene rings is 2. The van der Waals surface area contributed by atoms with Gasteiger partial charge in [0.25, 0.3) is 0 Å². The standard InChI is InChI=1S/C28H32N4O4/c1-19-5-8-22(16-23(19)17-29)21-9-6-20(7-10-21)15-24(18-30)31-25(33)28(11-13-35-14-12-28)32-26(34)36-27(2,3)4/h5-10,16,24H,11-15H2,1-4H3,(H,31,33)(H,32,34)/t24-/m0/s1. The second kappa shape index (κ2) is 11.2. The SMILES string of the molecule is Cc1ccc(-c2ccc(C[C@@H](C#N)NC(=O)C3(NC(=O)OC(C)(C)C)CCOCC3)cc2)cc1C#N. The Labute approximate surface area is 212 Å². The van der Waals surface area contributed by atoms with Gasteiger partial charge in [0.1, 0.15) is 17.2 Å². The van der Waals surface area contributed by atoms with E-state index in [1.54, 1.807) is 20.8 Å². The maximum atomic E-state index is 13.3. The smallest absolute Gasteiger partial charge is 0.408 e. The number of rotatable bonds is 6. The highest BCUT2D eigenvalue weighted by Crippen LogP contribution is 2.24. The Balaban J connectivity index is 1.70. The Hall–Kier alpha value is -3.88. The molecular formula is C28H32N4O4. The van der Waals surface area contributed by atoms with Crippen LogP contribution in [0.3, 0.4) is 0 Å². The van der Waals surface area contributed by atoms with Crippen molar-refractivity contribution >= 4 is 12.0 Å². The van der Waals surface area contributed by atoms with E-state index in [9.17, 15) is 20.1 Å². The van der Waals surface area contributed by atoms with Gasteiger partial charge in [-0.2, -0.15) is 10.5 Å². The molecule has 1 fully saturated rings. The van der Waals surface area contributed by atoms with E-state index >= 15 is 0 Å². The lowest BCUT2D eigenvalue weighted by Gasteiger charge is -2.37. The molecule has 0 unspecified atom stereocenters. The molecule has 0 spiro atoms. The van der Waals surface area contributed by atoms with Gasteiger partial charge >= 0.3 is 6.09 Å². The summed E-state index contributed by atoms with van der Waals surface area (Å²) >= 11 is 0. The number of aryl methyl sites for hydroxylation is 1. The molecule has 1 aliphatic rings. The fraction of sp³-hybridized carbons (Fsp3) is 0.429. The Kier molecular flexibility index (Phi) is 8.34. The molecule has 1 heterocycles. The minimum atomic E-state index is -1.20. The molecule has 1 atom stereocenters. The van der Waals surface area contributed by atoms with Crippen molar-refractivity contribution in [1.29, 1.82) is 10.5 Å². The molecule has 36 heavy (non-hydrogen) atoms. The van der Waals surface area contributed by atoms with E-state index in [0.717, 1.165) is 22.3 Å².